The second-order valence-corrected chi connectivity index (χ2v) is 6.01. The third kappa shape index (κ3) is 3.13. The average molecular weight is 280 g/mol. The molecule has 112 valence electrons. The molecule has 1 heterocycles. The van der Waals surface area contributed by atoms with Crippen molar-refractivity contribution in [3.8, 4) is 0 Å². The standard InChI is InChI=1S/C16H25FN2O/c1-11-8-16(14(12(2)20)9-15(11)17)19(4)13-6-5-7-18(3)10-13/h8-9,12-13,20H,5-7,10H2,1-4H3/t12-,13?/m1/s1. The number of likely N-dealkylation sites (N-methyl/N-ethyl adjacent to an activating group) is 2. The van der Waals surface area contributed by atoms with E-state index in [2.05, 4.69) is 16.8 Å². The fraction of sp³-hybridized carbons (Fsp3) is 0.625. The van der Waals surface area contributed by atoms with Gasteiger partial charge in [-0.15, -0.1) is 0 Å². The Morgan fingerprint density at radius 2 is 2.15 bits per heavy atom. The fourth-order valence-electron chi connectivity index (χ4n) is 2.97. The first-order valence-corrected chi connectivity index (χ1v) is 7.29. The number of rotatable bonds is 3. The lowest BCUT2D eigenvalue weighted by atomic mass is 10.00. The molecule has 0 spiro atoms. The monoisotopic (exact) mass is 280 g/mol. The topological polar surface area (TPSA) is 26.7 Å². The summed E-state index contributed by atoms with van der Waals surface area (Å²) in [7, 11) is 4.17. The Labute approximate surface area is 121 Å². The summed E-state index contributed by atoms with van der Waals surface area (Å²) in [5.74, 6) is -0.251. The van der Waals surface area contributed by atoms with Crippen LogP contribution in [0.5, 0.6) is 0 Å². The summed E-state index contributed by atoms with van der Waals surface area (Å²) < 4.78 is 13.7. The zero-order chi connectivity index (χ0) is 14.9. The van der Waals surface area contributed by atoms with Crippen molar-refractivity contribution in [3.63, 3.8) is 0 Å². The molecule has 2 rings (SSSR count). The van der Waals surface area contributed by atoms with Crippen LogP contribution in [0.15, 0.2) is 12.1 Å². The van der Waals surface area contributed by atoms with Gasteiger partial charge in [-0.3, -0.25) is 0 Å². The van der Waals surface area contributed by atoms with Gasteiger partial charge in [-0.05, 0) is 58.0 Å². The zero-order valence-electron chi connectivity index (χ0n) is 12.9. The molecule has 0 aliphatic carbocycles. The van der Waals surface area contributed by atoms with Gasteiger partial charge in [-0.1, -0.05) is 0 Å². The summed E-state index contributed by atoms with van der Waals surface area (Å²) in [4.78, 5) is 4.52. The predicted molar refractivity (Wildman–Crippen MR) is 80.7 cm³/mol. The highest BCUT2D eigenvalue weighted by Crippen LogP contribution is 2.31. The molecule has 1 aromatic carbocycles. The van der Waals surface area contributed by atoms with Crippen LogP contribution in [0.1, 0.15) is 37.0 Å². The van der Waals surface area contributed by atoms with Crippen molar-refractivity contribution in [2.24, 2.45) is 0 Å². The van der Waals surface area contributed by atoms with Crippen molar-refractivity contribution >= 4 is 5.69 Å². The van der Waals surface area contributed by atoms with E-state index in [0.717, 1.165) is 25.2 Å². The van der Waals surface area contributed by atoms with E-state index in [0.29, 0.717) is 17.2 Å². The summed E-state index contributed by atoms with van der Waals surface area (Å²) in [5, 5.41) is 9.92. The van der Waals surface area contributed by atoms with E-state index in [9.17, 15) is 9.50 Å². The van der Waals surface area contributed by atoms with Gasteiger partial charge < -0.3 is 14.9 Å². The number of nitrogens with zero attached hydrogens (tertiary/aromatic N) is 2. The van der Waals surface area contributed by atoms with E-state index in [4.69, 9.17) is 0 Å². The number of hydrogen-bond donors (Lipinski definition) is 1. The van der Waals surface area contributed by atoms with Gasteiger partial charge >= 0.3 is 0 Å². The van der Waals surface area contributed by atoms with Crippen LogP contribution in [0.4, 0.5) is 10.1 Å². The smallest absolute Gasteiger partial charge is 0.126 e. The lowest BCUT2D eigenvalue weighted by molar-refractivity contribution is 0.198. The Morgan fingerprint density at radius 1 is 1.45 bits per heavy atom. The maximum atomic E-state index is 13.7. The number of hydrogen-bond acceptors (Lipinski definition) is 3. The van der Waals surface area contributed by atoms with E-state index in [1.165, 1.54) is 12.5 Å². The Kier molecular flexibility index (Phi) is 4.66. The Morgan fingerprint density at radius 3 is 2.75 bits per heavy atom. The van der Waals surface area contributed by atoms with Crippen molar-refractivity contribution in [3.05, 3.63) is 29.1 Å². The van der Waals surface area contributed by atoms with Crippen molar-refractivity contribution in [2.45, 2.75) is 38.8 Å². The van der Waals surface area contributed by atoms with Gasteiger partial charge in [0, 0.05) is 30.9 Å². The maximum absolute atomic E-state index is 13.7. The van der Waals surface area contributed by atoms with Crippen LogP contribution in [0, 0.1) is 12.7 Å². The molecule has 0 aromatic heterocycles. The summed E-state index contributed by atoms with van der Waals surface area (Å²) >= 11 is 0. The molecule has 1 aliphatic heterocycles. The van der Waals surface area contributed by atoms with Crippen LogP contribution in [0.3, 0.4) is 0 Å². The van der Waals surface area contributed by atoms with Gasteiger partial charge in [0.05, 0.1) is 6.10 Å². The molecule has 3 nitrogen and oxygen atoms in total. The molecule has 0 amide bonds. The molecule has 0 saturated carbocycles. The molecular weight excluding hydrogens is 255 g/mol. The van der Waals surface area contributed by atoms with Crippen LogP contribution in [-0.4, -0.2) is 43.2 Å². The average Bonchev–Trinajstić information content (AvgIpc) is 2.40. The highest BCUT2D eigenvalue weighted by Gasteiger charge is 2.24. The number of piperidine rings is 1. The minimum Gasteiger partial charge on any atom is -0.389 e. The highest BCUT2D eigenvalue weighted by atomic mass is 19.1. The fourth-order valence-corrected chi connectivity index (χ4v) is 2.97. The molecule has 2 atom stereocenters. The third-order valence-electron chi connectivity index (χ3n) is 4.29. The van der Waals surface area contributed by atoms with E-state index in [-0.39, 0.29) is 5.82 Å². The van der Waals surface area contributed by atoms with Gasteiger partial charge in [0.2, 0.25) is 0 Å². The van der Waals surface area contributed by atoms with Crippen LogP contribution in [0.2, 0.25) is 0 Å². The Balaban J connectivity index is 2.32. The van der Waals surface area contributed by atoms with Crippen LogP contribution < -0.4 is 4.90 Å². The minimum atomic E-state index is -0.663. The Bertz CT molecular complexity index is 476. The molecule has 1 N–H and O–H groups in total. The molecule has 1 fully saturated rings. The second kappa shape index (κ2) is 6.10. The van der Waals surface area contributed by atoms with Crippen molar-refractivity contribution in [2.75, 3.05) is 32.1 Å². The molecule has 1 aliphatic rings. The molecule has 0 radical (unpaired) electrons. The highest BCUT2D eigenvalue weighted by molar-refractivity contribution is 5.57. The van der Waals surface area contributed by atoms with E-state index in [1.807, 2.05) is 13.1 Å². The number of likely N-dealkylation sites (tertiary alicyclic amines) is 1. The number of benzene rings is 1. The molecular formula is C16H25FN2O. The van der Waals surface area contributed by atoms with Crippen LogP contribution in [0.25, 0.3) is 0 Å². The first kappa shape index (κ1) is 15.3. The molecule has 4 heteroatoms. The minimum absolute atomic E-state index is 0.251. The number of halogens is 1. The Hall–Kier alpha value is -1.13. The van der Waals surface area contributed by atoms with E-state index in [1.54, 1.807) is 13.8 Å². The quantitative estimate of drug-likeness (QED) is 0.922. The molecule has 1 aromatic rings. The summed E-state index contributed by atoms with van der Waals surface area (Å²) in [6, 6.07) is 3.74. The normalized spacial score (nSPS) is 21.8. The predicted octanol–water partition coefficient (Wildman–Crippen LogP) is 2.72. The largest absolute Gasteiger partial charge is 0.389 e. The maximum Gasteiger partial charge on any atom is 0.126 e. The summed E-state index contributed by atoms with van der Waals surface area (Å²) in [5.41, 5.74) is 2.24. The lowest BCUT2D eigenvalue weighted by Crippen LogP contribution is -2.45. The van der Waals surface area contributed by atoms with Gasteiger partial charge in [-0.2, -0.15) is 0 Å². The van der Waals surface area contributed by atoms with Gasteiger partial charge in [0.25, 0.3) is 0 Å². The molecule has 0 bridgehead atoms. The van der Waals surface area contributed by atoms with Crippen LogP contribution >= 0.6 is 0 Å². The van der Waals surface area contributed by atoms with Crippen molar-refractivity contribution < 1.29 is 9.50 Å². The summed E-state index contributed by atoms with van der Waals surface area (Å²) in [6.07, 6.45) is 1.65. The molecule has 1 unspecified atom stereocenters. The number of anilines is 1. The lowest BCUT2D eigenvalue weighted by Gasteiger charge is -2.38. The van der Waals surface area contributed by atoms with E-state index < -0.39 is 6.10 Å². The van der Waals surface area contributed by atoms with Gasteiger partial charge in [0.15, 0.2) is 0 Å². The first-order valence-electron chi connectivity index (χ1n) is 7.29. The third-order valence-corrected chi connectivity index (χ3v) is 4.29. The molecule has 20 heavy (non-hydrogen) atoms. The number of aliphatic hydroxyl groups is 1. The van der Waals surface area contributed by atoms with Crippen LogP contribution in [-0.2, 0) is 0 Å². The van der Waals surface area contributed by atoms with Crippen molar-refractivity contribution in [1.82, 2.24) is 4.90 Å². The van der Waals surface area contributed by atoms with E-state index >= 15 is 0 Å². The summed E-state index contributed by atoms with van der Waals surface area (Å²) in [6.45, 7) is 5.60. The molecule has 1 saturated heterocycles. The number of aliphatic hydroxyl groups excluding tert-OH is 1. The van der Waals surface area contributed by atoms with Gasteiger partial charge in [-0.25, -0.2) is 4.39 Å². The zero-order valence-corrected chi connectivity index (χ0v) is 12.9. The SMILES string of the molecule is Cc1cc(N(C)C2CCCN(C)C2)c([C@@H](C)O)cc1F. The van der Waals surface area contributed by atoms with Gasteiger partial charge in [0.1, 0.15) is 5.82 Å². The van der Waals surface area contributed by atoms with Crippen molar-refractivity contribution in [1.29, 1.82) is 0 Å². The number of aryl methyl sites for hydroxylation is 1. The second-order valence-electron chi connectivity index (χ2n) is 6.01. The first-order chi connectivity index (χ1) is 9.40.